The predicted octanol–water partition coefficient (Wildman–Crippen LogP) is 4.23. The molecular weight excluding hydrogens is 325 g/mol. The second-order valence-corrected chi connectivity index (χ2v) is 8.46. The second-order valence-electron chi connectivity index (χ2n) is 7.31. The molecule has 0 aromatic rings. The first-order valence-corrected chi connectivity index (χ1v) is 10.5. The maximum absolute atomic E-state index is 11.7. The molecule has 2 fully saturated rings. The molecule has 2 saturated carbocycles. The Balaban J connectivity index is 2.06. The summed E-state index contributed by atoms with van der Waals surface area (Å²) in [4.78, 5) is 31.3. The van der Waals surface area contributed by atoms with Crippen LogP contribution in [0.25, 0.3) is 0 Å². The summed E-state index contributed by atoms with van der Waals surface area (Å²) >= 11 is 0. The fraction of sp³-hybridized carbons (Fsp3) is 0.778. The Bertz CT molecular complexity index is 466. The predicted molar refractivity (Wildman–Crippen MR) is 96.4 cm³/mol. The molecular formula is C18H30NO4P. The molecule has 6 heteroatoms. The Hall–Kier alpha value is -0.770. The summed E-state index contributed by atoms with van der Waals surface area (Å²) in [6, 6.07) is 0. The van der Waals surface area contributed by atoms with Gasteiger partial charge in [0.2, 0.25) is 0 Å². The molecule has 0 aliphatic heterocycles. The number of carboxylic acid groups (broad SMARTS) is 1. The number of aliphatic carboxylic acids is 1. The number of rotatable bonds is 8. The molecule has 0 spiro atoms. The van der Waals surface area contributed by atoms with Crippen LogP contribution in [-0.4, -0.2) is 32.2 Å². The second kappa shape index (κ2) is 9.65. The number of carboxylic acids is 1. The number of hydrogen-bond acceptors (Lipinski definition) is 4. The van der Waals surface area contributed by atoms with Crippen LogP contribution < -0.4 is 0 Å². The highest BCUT2D eigenvalue weighted by molar-refractivity contribution is 7.47. The first kappa shape index (κ1) is 19.6. The maximum atomic E-state index is 11.7. The first-order chi connectivity index (χ1) is 11.5. The Labute approximate surface area is 145 Å². The van der Waals surface area contributed by atoms with Crippen LogP contribution in [0.1, 0.15) is 70.6 Å². The van der Waals surface area contributed by atoms with Crippen molar-refractivity contribution >= 4 is 20.1 Å². The van der Waals surface area contributed by atoms with Gasteiger partial charge in [0, 0.05) is 5.71 Å². The third-order valence-electron chi connectivity index (χ3n) is 5.48. The van der Waals surface area contributed by atoms with Crippen molar-refractivity contribution in [3.8, 4) is 0 Å². The highest BCUT2D eigenvalue weighted by Crippen LogP contribution is 2.40. The largest absolute Gasteiger partial charge is 0.478 e. The van der Waals surface area contributed by atoms with Gasteiger partial charge in [0.15, 0.2) is 8.38 Å². The molecule has 0 saturated heterocycles. The third-order valence-corrected chi connectivity index (χ3v) is 6.53. The molecule has 2 aliphatic rings. The molecule has 1 unspecified atom stereocenters. The normalized spacial score (nSPS) is 22.0. The van der Waals surface area contributed by atoms with Gasteiger partial charge in [0.05, 0.1) is 11.2 Å². The zero-order chi connectivity index (χ0) is 17.5. The van der Waals surface area contributed by atoms with Crippen molar-refractivity contribution in [1.82, 2.24) is 0 Å². The summed E-state index contributed by atoms with van der Waals surface area (Å²) in [5, 5.41) is 17.9. The highest BCUT2D eigenvalue weighted by atomic mass is 31.2. The van der Waals surface area contributed by atoms with E-state index in [1.54, 1.807) is 6.08 Å². The van der Waals surface area contributed by atoms with Crippen molar-refractivity contribution in [2.24, 2.45) is 11.8 Å². The van der Waals surface area contributed by atoms with E-state index >= 15 is 0 Å². The fourth-order valence-corrected chi connectivity index (χ4v) is 4.97. The Morgan fingerprint density at radius 3 is 2.12 bits per heavy atom. The molecule has 2 rings (SSSR count). The molecule has 0 bridgehead atoms. The standard InChI is InChI=1S/C18H30NO4P/c19-16(12-14-8-2-1-3-9-14)17(24(22)23)15(18(20)21)11-10-13-6-4-5-7-13/h11,13-14,17,19,22-23H,1-10,12H2,(H,20,21). The van der Waals surface area contributed by atoms with E-state index in [2.05, 4.69) is 0 Å². The molecule has 1 atom stereocenters. The molecule has 2 aliphatic carbocycles. The lowest BCUT2D eigenvalue weighted by Crippen LogP contribution is -2.28. The summed E-state index contributed by atoms with van der Waals surface area (Å²) in [6.07, 6.45) is 13.0. The van der Waals surface area contributed by atoms with E-state index in [-0.39, 0.29) is 11.3 Å². The van der Waals surface area contributed by atoms with Gasteiger partial charge in [-0.2, -0.15) is 0 Å². The van der Waals surface area contributed by atoms with Gasteiger partial charge in [0.25, 0.3) is 0 Å². The Morgan fingerprint density at radius 2 is 1.58 bits per heavy atom. The van der Waals surface area contributed by atoms with E-state index in [4.69, 9.17) is 5.41 Å². The smallest absolute Gasteiger partial charge is 0.332 e. The Morgan fingerprint density at radius 1 is 1.04 bits per heavy atom. The minimum Gasteiger partial charge on any atom is -0.478 e. The van der Waals surface area contributed by atoms with Crippen molar-refractivity contribution < 1.29 is 19.7 Å². The van der Waals surface area contributed by atoms with E-state index in [1.807, 2.05) is 0 Å². The minimum atomic E-state index is -2.50. The van der Waals surface area contributed by atoms with Gasteiger partial charge in [-0.1, -0.05) is 63.9 Å². The van der Waals surface area contributed by atoms with E-state index in [9.17, 15) is 19.7 Å². The van der Waals surface area contributed by atoms with Crippen molar-refractivity contribution in [3.05, 3.63) is 11.6 Å². The molecule has 0 aromatic heterocycles. The van der Waals surface area contributed by atoms with Crippen molar-refractivity contribution in [2.75, 3.05) is 0 Å². The molecule has 0 radical (unpaired) electrons. The number of allylic oxidation sites excluding steroid dienone is 1. The summed E-state index contributed by atoms with van der Waals surface area (Å²) in [6.45, 7) is 0. The maximum Gasteiger partial charge on any atom is 0.332 e. The van der Waals surface area contributed by atoms with E-state index < -0.39 is 20.0 Å². The lowest BCUT2D eigenvalue weighted by atomic mass is 9.84. The monoisotopic (exact) mass is 355 g/mol. The van der Waals surface area contributed by atoms with Crippen LogP contribution in [0.5, 0.6) is 0 Å². The average Bonchev–Trinajstić information content (AvgIpc) is 3.04. The molecule has 136 valence electrons. The van der Waals surface area contributed by atoms with Crippen LogP contribution in [-0.2, 0) is 4.79 Å². The number of hydrogen-bond donors (Lipinski definition) is 4. The van der Waals surface area contributed by atoms with Gasteiger partial charge in [-0.3, -0.25) is 0 Å². The van der Waals surface area contributed by atoms with E-state index in [0.29, 0.717) is 24.7 Å². The summed E-state index contributed by atoms with van der Waals surface area (Å²) in [5.41, 5.74) is -0.849. The zero-order valence-corrected chi connectivity index (χ0v) is 15.2. The molecule has 24 heavy (non-hydrogen) atoms. The van der Waals surface area contributed by atoms with E-state index in [0.717, 1.165) is 38.5 Å². The first-order valence-electron chi connectivity index (χ1n) is 9.16. The van der Waals surface area contributed by atoms with Gasteiger partial charge in [-0.05, 0) is 24.7 Å². The SMILES string of the molecule is N=C(CC1CCCCC1)C(C(=CCC1CCCC1)C(=O)O)P(O)O. The van der Waals surface area contributed by atoms with Crippen LogP contribution in [0.2, 0.25) is 0 Å². The average molecular weight is 355 g/mol. The van der Waals surface area contributed by atoms with Gasteiger partial charge in [0.1, 0.15) is 0 Å². The topological polar surface area (TPSA) is 102 Å². The van der Waals surface area contributed by atoms with Gasteiger partial charge in [-0.15, -0.1) is 0 Å². The van der Waals surface area contributed by atoms with Crippen LogP contribution in [0.3, 0.4) is 0 Å². The van der Waals surface area contributed by atoms with Gasteiger partial charge in [-0.25, -0.2) is 4.79 Å². The van der Waals surface area contributed by atoms with Crippen molar-refractivity contribution in [3.63, 3.8) is 0 Å². The molecule has 0 heterocycles. The summed E-state index contributed by atoms with van der Waals surface area (Å²) in [5.74, 6) is -0.244. The number of nitrogens with one attached hydrogen (secondary N) is 1. The van der Waals surface area contributed by atoms with Gasteiger partial charge >= 0.3 is 5.97 Å². The molecule has 4 N–H and O–H groups in total. The van der Waals surface area contributed by atoms with Crippen LogP contribution in [0.4, 0.5) is 0 Å². The number of carbonyl (C=O) groups is 1. The fourth-order valence-electron chi connectivity index (χ4n) is 4.12. The van der Waals surface area contributed by atoms with E-state index in [1.165, 1.54) is 19.3 Å². The summed E-state index contributed by atoms with van der Waals surface area (Å²) in [7, 11) is -2.50. The van der Waals surface area contributed by atoms with Crippen molar-refractivity contribution in [1.29, 1.82) is 5.41 Å². The Kier molecular flexibility index (Phi) is 7.86. The lowest BCUT2D eigenvalue weighted by molar-refractivity contribution is -0.132. The van der Waals surface area contributed by atoms with Crippen LogP contribution in [0, 0.1) is 17.2 Å². The minimum absolute atomic E-state index is 0.0128. The molecule has 0 amide bonds. The van der Waals surface area contributed by atoms with Gasteiger partial charge < -0.3 is 20.3 Å². The third kappa shape index (κ3) is 5.65. The lowest BCUT2D eigenvalue weighted by Gasteiger charge is -2.26. The molecule has 5 nitrogen and oxygen atoms in total. The quantitative estimate of drug-likeness (QED) is 0.297. The van der Waals surface area contributed by atoms with Crippen LogP contribution in [0.15, 0.2) is 11.6 Å². The molecule has 0 aromatic carbocycles. The zero-order valence-electron chi connectivity index (χ0n) is 14.3. The van der Waals surface area contributed by atoms with Crippen LogP contribution >= 0.6 is 8.38 Å². The summed E-state index contributed by atoms with van der Waals surface area (Å²) < 4.78 is 0. The van der Waals surface area contributed by atoms with Crippen molar-refractivity contribution in [2.45, 2.75) is 76.3 Å². The highest BCUT2D eigenvalue weighted by Gasteiger charge is 2.33.